The number of amides is 2. The highest BCUT2D eigenvalue weighted by molar-refractivity contribution is 8.15. The number of benzene rings is 4. The van der Waals surface area contributed by atoms with E-state index in [0.717, 1.165) is 33.6 Å². The number of nitrogens with zero attached hydrogens (tertiary/aromatic N) is 4. The fraction of sp³-hybridized carbons (Fsp3) is 0.176. The molecule has 2 N–H and O–H groups in total. The molecule has 2 unspecified atom stereocenters. The van der Waals surface area contributed by atoms with Crippen LogP contribution in [0.25, 0.3) is 0 Å². The molecule has 0 spiro atoms. The first kappa shape index (κ1) is 29.5. The Morgan fingerprint density at radius 1 is 0.568 bits per heavy atom. The van der Waals surface area contributed by atoms with Gasteiger partial charge in [-0.2, -0.15) is 0 Å². The highest BCUT2D eigenvalue weighted by atomic mass is 32.2. The van der Waals surface area contributed by atoms with Gasteiger partial charge in [0.15, 0.2) is 11.7 Å². The van der Waals surface area contributed by atoms with Gasteiger partial charge in [-0.1, -0.05) is 96.1 Å². The van der Waals surface area contributed by atoms with Gasteiger partial charge in [-0.15, -0.1) is 10.2 Å². The number of aryl methyl sites for hydroxylation is 2. The van der Waals surface area contributed by atoms with Crippen LogP contribution >= 0.6 is 23.5 Å². The van der Waals surface area contributed by atoms with Crippen molar-refractivity contribution in [2.75, 3.05) is 10.6 Å². The van der Waals surface area contributed by atoms with Crippen LogP contribution < -0.4 is 10.6 Å². The van der Waals surface area contributed by atoms with Gasteiger partial charge in [-0.25, -0.2) is 0 Å². The Hall–Kier alpha value is -4.54. The molecule has 2 aliphatic heterocycles. The molecule has 2 amide bonds. The van der Waals surface area contributed by atoms with Gasteiger partial charge in [0.05, 0.1) is 13.1 Å². The predicted molar refractivity (Wildman–Crippen MR) is 182 cm³/mol. The van der Waals surface area contributed by atoms with Crippen molar-refractivity contribution in [3.8, 4) is 0 Å². The minimum atomic E-state index is -0.464. The Kier molecular flexibility index (Phi) is 8.99. The number of rotatable bonds is 9. The van der Waals surface area contributed by atoms with Gasteiger partial charge in [0.2, 0.25) is 0 Å². The molecule has 2 aliphatic rings. The molecule has 44 heavy (non-hydrogen) atoms. The molecule has 2 atom stereocenters. The highest BCUT2D eigenvalue weighted by Crippen LogP contribution is 2.33. The molecule has 2 saturated heterocycles. The Morgan fingerprint density at radius 3 is 1.30 bits per heavy atom. The van der Waals surface area contributed by atoms with Gasteiger partial charge in [0, 0.05) is 11.4 Å². The summed E-state index contributed by atoms with van der Waals surface area (Å²) in [6, 6.07) is 35.7. The van der Waals surface area contributed by atoms with Crippen LogP contribution in [0, 0.1) is 13.8 Å². The van der Waals surface area contributed by atoms with E-state index < -0.39 is 10.7 Å². The zero-order valence-corrected chi connectivity index (χ0v) is 26.0. The number of anilines is 2. The molecular weight excluding hydrogens is 589 g/mol. The van der Waals surface area contributed by atoms with Crippen LogP contribution in [0.15, 0.2) is 119 Å². The van der Waals surface area contributed by atoms with E-state index in [1.54, 1.807) is 9.80 Å². The lowest BCUT2D eigenvalue weighted by molar-refractivity contribution is 0.242. The SMILES string of the molecule is Cc1ccc(NC2SC(=O)N(Cc3ccccc3)/C2=N/N=C2\C(Nc3ccc(C)cc3)SC(=O)N2Cc2ccccc2)cc1. The first-order valence-electron chi connectivity index (χ1n) is 14.3. The molecule has 2 fully saturated rings. The average Bonchev–Trinajstić information content (AvgIpc) is 3.48. The monoisotopic (exact) mass is 620 g/mol. The predicted octanol–water partition coefficient (Wildman–Crippen LogP) is 7.93. The van der Waals surface area contributed by atoms with Crippen molar-refractivity contribution in [1.29, 1.82) is 0 Å². The Labute approximate surface area is 265 Å². The number of carbonyl (C=O) groups is 2. The molecular formula is C34H32N6O2S2. The van der Waals surface area contributed by atoms with E-state index in [2.05, 4.69) is 10.6 Å². The van der Waals surface area contributed by atoms with Gasteiger partial charge >= 0.3 is 0 Å². The first-order valence-corrected chi connectivity index (χ1v) is 16.0. The molecule has 0 aliphatic carbocycles. The van der Waals surface area contributed by atoms with E-state index in [-0.39, 0.29) is 10.5 Å². The largest absolute Gasteiger partial charge is 0.367 e. The maximum absolute atomic E-state index is 13.4. The van der Waals surface area contributed by atoms with E-state index in [4.69, 9.17) is 10.2 Å². The summed E-state index contributed by atoms with van der Waals surface area (Å²) in [4.78, 5) is 30.1. The molecule has 0 bridgehead atoms. The van der Waals surface area contributed by atoms with Crippen LogP contribution in [0.3, 0.4) is 0 Å². The number of hydrogen-bond acceptors (Lipinski definition) is 8. The summed E-state index contributed by atoms with van der Waals surface area (Å²) in [5.41, 5.74) is 6.00. The standard InChI is InChI=1S/C34H32N6O2S2/c1-23-13-17-27(18-14-23)35-31-29(39(33(41)43-31)21-25-9-5-3-6-10-25)37-38-30-32(36-28-19-15-24(2)16-20-28)44-34(42)40(30)22-26-11-7-4-8-12-26/h3-20,31-32,35-36H,21-22H2,1-2H3/b37-29+,38-30+. The van der Waals surface area contributed by atoms with Crippen LogP contribution in [-0.2, 0) is 13.1 Å². The van der Waals surface area contributed by atoms with Gasteiger partial charge in [0.1, 0.15) is 10.7 Å². The van der Waals surface area contributed by atoms with E-state index >= 15 is 0 Å². The first-order chi connectivity index (χ1) is 21.4. The molecule has 4 aromatic carbocycles. The van der Waals surface area contributed by atoms with Crippen LogP contribution in [0.2, 0.25) is 0 Å². The van der Waals surface area contributed by atoms with Gasteiger partial charge < -0.3 is 10.6 Å². The molecule has 0 saturated carbocycles. The van der Waals surface area contributed by atoms with Gasteiger partial charge in [0.25, 0.3) is 10.5 Å². The molecule has 10 heteroatoms. The fourth-order valence-corrected chi connectivity index (χ4v) is 6.76. The zero-order chi connectivity index (χ0) is 30.5. The van der Waals surface area contributed by atoms with Gasteiger partial charge in [-0.05, 0) is 72.8 Å². The maximum atomic E-state index is 13.4. The van der Waals surface area contributed by atoms with Gasteiger partial charge in [-0.3, -0.25) is 19.4 Å². The summed E-state index contributed by atoms with van der Waals surface area (Å²) < 4.78 is 0. The summed E-state index contributed by atoms with van der Waals surface area (Å²) in [5.74, 6) is 0.963. The van der Waals surface area contributed by atoms with E-state index in [0.29, 0.717) is 24.8 Å². The molecule has 6 rings (SSSR count). The normalized spacial score (nSPS) is 20.1. The van der Waals surface area contributed by atoms with E-state index in [9.17, 15) is 9.59 Å². The van der Waals surface area contributed by atoms with Crippen molar-refractivity contribution >= 4 is 57.0 Å². The topological polar surface area (TPSA) is 89.4 Å². The van der Waals surface area contributed by atoms with Crippen molar-refractivity contribution in [3.05, 3.63) is 131 Å². The van der Waals surface area contributed by atoms with Crippen LogP contribution in [-0.4, -0.2) is 42.7 Å². The second kappa shape index (κ2) is 13.4. The lowest BCUT2D eigenvalue weighted by Gasteiger charge is -2.20. The van der Waals surface area contributed by atoms with Crippen molar-refractivity contribution < 1.29 is 9.59 Å². The van der Waals surface area contributed by atoms with Crippen molar-refractivity contribution in [1.82, 2.24) is 9.80 Å². The minimum Gasteiger partial charge on any atom is -0.367 e. The quantitative estimate of drug-likeness (QED) is 0.185. The molecule has 0 aromatic heterocycles. The Balaban J connectivity index is 1.37. The molecule has 0 radical (unpaired) electrons. The maximum Gasteiger partial charge on any atom is 0.289 e. The second-order valence-electron chi connectivity index (χ2n) is 10.6. The number of hydrogen-bond donors (Lipinski definition) is 2. The van der Waals surface area contributed by atoms with E-state index in [1.807, 2.05) is 123 Å². The molecule has 4 aromatic rings. The van der Waals surface area contributed by atoms with Crippen molar-refractivity contribution in [2.45, 2.75) is 37.7 Å². The van der Waals surface area contributed by atoms with Crippen LogP contribution in [0.5, 0.6) is 0 Å². The Bertz CT molecular complexity index is 1550. The summed E-state index contributed by atoms with van der Waals surface area (Å²) in [7, 11) is 0. The number of amidine groups is 2. The molecule has 8 nitrogen and oxygen atoms in total. The summed E-state index contributed by atoms with van der Waals surface area (Å²) in [6.07, 6.45) is 0. The second-order valence-corrected chi connectivity index (χ2v) is 12.7. The summed E-state index contributed by atoms with van der Waals surface area (Å²) >= 11 is 2.33. The summed E-state index contributed by atoms with van der Waals surface area (Å²) in [6.45, 7) is 4.78. The third-order valence-electron chi connectivity index (χ3n) is 7.22. The van der Waals surface area contributed by atoms with E-state index in [1.165, 1.54) is 23.5 Å². The minimum absolute atomic E-state index is 0.121. The number of carbonyl (C=O) groups excluding carboxylic acids is 2. The van der Waals surface area contributed by atoms with Crippen LogP contribution in [0.1, 0.15) is 22.3 Å². The zero-order valence-electron chi connectivity index (χ0n) is 24.4. The van der Waals surface area contributed by atoms with Crippen LogP contribution in [0.4, 0.5) is 21.0 Å². The van der Waals surface area contributed by atoms with Crippen molar-refractivity contribution in [2.24, 2.45) is 10.2 Å². The Morgan fingerprint density at radius 2 is 0.932 bits per heavy atom. The van der Waals surface area contributed by atoms with Crippen molar-refractivity contribution in [3.63, 3.8) is 0 Å². The third kappa shape index (κ3) is 6.98. The third-order valence-corrected chi connectivity index (χ3v) is 9.19. The highest BCUT2D eigenvalue weighted by Gasteiger charge is 2.40. The fourth-order valence-electron chi connectivity index (χ4n) is 4.83. The lowest BCUT2D eigenvalue weighted by atomic mass is 10.2. The molecule has 222 valence electrons. The number of thioether (sulfide) groups is 2. The lowest BCUT2D eigenvalue weighted by Crippen LogP contribution is -2.36. The number of nitrogens with one attached hydrogen (secondary N) is 2. The molecule has 2 heterocycles. The average molecular weight is 621 g/mol. The summed E-state index contributed by atoms with van der Waals surface area (Å²) in [5, 5.41) is 15.2. The smallest absolute Gasteiger partial charge is 0.289 e.